The Balaban J connectivity index is 1.58. The van der Waals surface area contributed by atoms with E-state index in [1.54, 1.807) is 61.7 Å². The summed E-state index contributed by atoms with van der Waals surface area (Å²) in [5.41, 5.74) is 1.43. The first kappa shape index (κ1) is 26.6. The number of rotatable bonds is 9. The first-order chi connectivity index (χ1) is 18.3. The molecule has 2 aromatic carbocycles. The van der Waals surface area contributed by atoms with E-state index in [0.29, 0.717) is 17.1 Å². The van der Waals surface area contributed by atoms with Crippen LogP contribution < -0.4 is 15.0 Å². The van der Waals surface area contributed by atoms with Crippen LogP contribution in [0.4, 0.5) is 16.2 Å². The maximum atomic E-state index is 13.5. The fourth-order valence-electron chi connectivity index (χ4n) is 4.04. The van der Waals surface area contributed by atoms with Crippen LogP contribution in [0.3, 0.4) is 0 Å². The van der Waals surface area contributed by atoms with Gasteiger partial charge in [-0.2, -0.15) is 0 Å². The zero-order chi connectivity index (χ0) is 27.2. The highest BCUT2D eigenvalue weighted by molar-refractivity contribution is 6.33. The largest absolute Gasteiger partial charge is 0.495 e. The predicted molar refractivity (Wildman–Crippen MR) is 140 cm³/mol. The van der Waals surface area contributed by atoms with Crippen molar-refractivity contribution in [1.29, 1.82) is 0 Å². The number of carbonyl (C=O) groups excluding carboxylic acids is 4. The minimum Gasteiger partial charge on any atom is -0.495 e. The number of imide groups is 1. The number of nitrogens with one attached hydrogen (secondary N) is 1. The normalized spacial score (nSPS) is 15.0. The maximum absolute atomic E-state index is 13.5. The molecule has 0 aliphatic carbocycles. The summed E-state index contributed by atoms with van der Waals surface area (Å²) in [6.07, 6.45) is 1.26. The molecule has 1 fully saturated rings. The molecular weight excluding hydrogens is 512 g/mol. The van der Waals surface area contributed by atoms with Gasteiger partial charge < -0.3 is 19.7 Å². The van der Waals surface area contributed by atoms with E-state index in [-0.39, 0.29) is 35.8 Å². The van der Waals surface area contributed by atoms with Gasteiger partial charge in [0, 0.05) is 11.9 Å². The van der Waals surface area contributed by atoms with Crippen LogP contribution in [0, 0.1) is 0 Å². The zero-order valence-corrected chi connectivity index (χ0v) is 21.5. The highest BCUT2D eigenvalue weighted by atomic mass is 35.5. The van der Waals surface area contributed by atoms with Crippen molar-refractivity contribution in [2.75, 3.05) is 23.9 Å². The number of aromatic nitrogens is 1. The molecule has 1 atom stereocenters. The lowest BCUT2D eigenvalue weighted by molar-refractivity contribution is -0.124. The molecule has 0 saturated carbocycles. The van der Waals surface area contributed by atoms with Gasteiger partial charge in [0.05, 0.1) is 48.6 Å². The number of nitrogens with zero attached hydrogens (tertiary/aromatic N) is 3. The van der Waals surface area contributed by atoms with Crippen molar-refractivity contribution in [2.24, 2.45) is 0 Å². The van der Waals surface area contributed by atoms with Gasteiger partial charge >= 0.3 is 12.0 Å². The lowest BCUT2D eigenvalue weighted by atomic mass is 10.1. The van der Waals surface area contributed by atoms with Gasteiger partial charge in [0.1, 0.15) is 11.8 Å². The molecule has 1 aliphatic rings. The molecule has 3 aromatic rings. The Labute approximate surface area is 224 Å². The third-order valence-corrected chi connectivity index (χ3v) is 6.10. The summed E-state index contributed by atoms with van der Waals surface area (Å²) in [7, 11) is 1.46. The fourth-order valence-corrected chi connectivity index (χ4v) is 4.29. The smallest absolute Gasteiger partial charge is 0.338 e. The molecule has 1 N–H and O–H groups in total. The summed E-state index contributed by atoms with van der Waals surface area (Å²) >= 11 is 6.24. The van der Waals surface area contributed by atoms with Crippen LogP contribution in [0.2, 0.25) is 5.02 Å². The average molecular weight is 537 g/mol. The lowest BCUT2D eigenvalue weighted by Crippen LogP contribution is -2.37. The van der Waals surface area contributed by atoms with E-state index in [9.17, 15) is 19.2 Å². The first-order valence-electron chi connectivity index (χ1n) is 11.8. The van der Waals surface area contributed by atoms with Gasteiger partial charge in [-0.05, 0) is 55.5 Å². The van der Waals surface area contributed by atoms with Gasteiger partial charge in [-0.3, -0.25) is 14.6 Å². The number of benzene rings is 2. The summed E-state index contributed by atoms with van der Waals surface area (Å²) < 4.78 is 10.2. The van der Waals surface area contributed by atoms with Gasteiger partial charge in [0.25, 0.3) is 5.91 Å². The third-order valence-electron chi connectivity index (χ3n) is 5.81. The lowest BCUT2D eigenvalue weighted by Gasteiger charge is -2.21. The number of pyridine rings is 1. The topological polar surface area (TPSA) is 118 Å². The molecule has 0 unspecified atom stereocenters. The summed E-state index contributed by atoms with van der Waals surface area (Å²) in [6.45, 7) is 1.93. The third kappa shape index (κ3) is 5.76. The molecular formula is C27H25ClN4O6. The van der Waals surface area contributed by atoms with Crippen molar-refractivity contribution in [3.05, 3.63) is 83.1 Å². The highest BCUT2D eigenvalue weighted by Gasteiger charge is 2.47. The van der Waals surface area contributed by atoms with Crippen LogP contribution in [-0.2, 0) is 20.9 Å². The van der Waals surface area contributed by atoms with E-state index in [4.69, 9.17) is 21.1 Å². The van der Waals surface area contributed by atoms with Crippen molar-refractivity contribution < 1.29 is 28.7 Å². The van der Waals surface area contributed by atoms with Gasteiger partial charge in [0.2, 0.25) is 5.91 Å². The SMILES string of the molecule is CCOC(=O)c1cccc(NC(=O)C[C@H]2C(=O)N(c3ccc(OC)c(Cl)c3)C(=O)N2Cc2ccccn2)c1. The van der Waals surface area contributed by atoms with Gasteiger partial charge in [0.15, 0.2) is 0 Å². The minimum atomic E-state index is -1.10. The van der Waals surface area contributed by atoms with E-state index >= 15 is 0 Å². The Morgan fingerprint density at radius 3 is 2.58 bits per heavy atom. The first-order valence-corrected chi connectivity index (χ1v) is 12.1. The molecule has 0 bridgehead atoms. The predicted octanol–water partition coefficient (Wildman–Crippen LogP) is 4.29. The van der Waals surface area contributed by atoms with Gasteiger partial charge in [-0.25, -0.2) is 14.5 Å². The van der Waals surface area contributed by atoms with E-state index in [1.807, 2.05) is 0 Å². The number of hydrogen-bond donors (Lipinski definition) is 1. The summed E-state index contributed by atoms with van der Waals surface area (Å²) in [5, 5.41) is 2.92. The minimum absolute atomic E-state index is 0.0160. The summed E-state index contributed by atoms with van der Waals surface area (Å²) in [4.78, 5) is 58.6. The molecule has 38 heavy (non-hydrogen) atoms. The molecule has 2 heterocycles. The number of carbonyl (C=O) groups is 4. The number of anilines is 2. The molecule has 4 amide bonds. The number of urea groups is 1. The second-order valence-electron chi connectivity index (χ2n) is 8.29. The Morgan fingerprint density at radius 2 is 1.89 bits per heavy atom. The van der Waals surface area contributed by atoms with Crippen LogP contribution in [-0.4, -0.2) is 53.5 Å². The second kappa shape index (κ2) is 11.7. The Morgan fingerprint density at radius 1 is 1.08 bits per heavy atom. The highest BCUT2D eigenvalue weighted by Crippen LogP contribution is 2.33. The van der Waals surface area contributed by atoms with Crippen molar-refractivity contribution in [1.82, 2.24) is 9.88 Å². The Hall–Kier alpha value is -4.44. The number of methoxy groups -OCH3 is 1. The molecule has 196 valence electrons. The molecule has 0 radical (unpaired) electrons. The standard InChI is InChI=1S/C27H25ClN4O6/c1-3-38-26(35)17-7-6-9-18(13-17)30-24(33)15-22-25(34)32(20-10-11-23(37-2)21(28)14-20)27(36)31(22)16-19-8-4-5-12-29-19/h4-14,22H,3,15-16H2,1-2H3,(H,30,33)/t22-/m0/s1. The second-order valence-corrected chi connectivity index (χ2v) is 8.70. The van der Waals surface area contributed by atoms with Crippen molar-refractivity contribution >= 4 is 46.8 Å². The monoisotopic (exact) mass is 536 g/mol. The van der Waals surface area contributed by atoms with Crippen LogP contribution in [0.5, 0.6) is 5.75 Å². The van der Waals surface area contributed by atoms with Gasteiger partial charge in [-0.15, -0.1) is 0 Å². The fraction of sp³-hybridized carbons (Fsp3) is 0.222. The van der Waals surface area contributed by atoms with Crippen LogP contribution >= 0.6 is 11.6 Å². The summed E-state index contributed by atoms with van der Waals surface area (Å²) in [5.74, 6) is -1.23. The number of halogens is 1. The van der Waals surface area contributed by atoms with Crippen LogP contribution in [0.1, 0.15) is 29.4 Å². The maximum Gasteiger partial charge on any atom is 0.338 e. The summed E-state index contributed by atoms with van der Waals surface area (Å²) in [6, 6.07) is 14.3. The average Bonchev–Trinajstić information content (AvgIpc) is 3.13. The number of ether oxygens (including phenoxy) is 2. The number of amides is 4. The Bertz CT molecular complexity index is 1370. The molecule has 10 nitrogen and oxygen atoms in total. The van der Waals surface area contributed by atoms with Crippen molar-refractivity contribution in [3.63, 3.8) is 0 Å². The molecule has 1 saturated heterocycles. The quantitative estimate of drug-likeness (QED) is 0.320. The molecule has 0 spiro atoms. The number of esters is 1. The molecule has 1 aromatic heterocycles. The van der Waals surface area contributed by atoms with E-state index in [0.717, 1.165) is 4.90 Å². The molecule has 1 aliphatic heterocycles. The van der Waals surface area contributed by atoms with Crippen LogP contribution in [0.15, 0.2) is 66.9 Å². The van der Waals surface area contributed by atoms with Gasteiger partial charge in [-0.1, -0.05) is 23.7 Å². The zero-order valence-electron chi connectivity index (χ0n) is 20.7. The van der Waals surface area contributed by atoms with E-state index in [2.05, 4.69) is 10.3 Å². The molecule has 4 rings (SSSR count). The van der Waals surface area contributed by atoms with Crippen molar-refractivity contribution in [3.8, 4) is 5.75 Å². The van der Waals surface area contributed by atoms with Crippen LogP contribution in [0.25, 0.3) is 0 Å². The number of hydrogen-bond acceptors (Lipinski definition) is 7. The Kier molecular flexibility index (Phi) is 8.22. The van der Waals surface area contributed by atoms with E-state index in [1.165, 1.54) is 24.1 Å². The van der Waals surface area contributed by atoms with E-state index < -0.39 is 29.9 Å². The van der Waals surface area contributed by atoms with Crippen molar-refractivity contribution in [2.45, 2.75) is 25.9 Å². The molecule has 11 heteroatoms.